The Morgan fingerprint density at radius 2 is 1.80 bits per heavy atom. The minimum atomic E-state index is -0.184. The van der Waals surface area contributed by atoms with Gasteiger partial charge in [-0.3, -0.25) is 4.79 Å². The van der Waals surface area contributed by atoms with E-state index < -0.39 is 0 Å². The van der Waals surface area contributed by atoms with Crippen LogP contribution in [0.4, 0.5) is 0 Å². The van der Waals surface area contributed by atoms with Crippen LogP contribution in [0.3, 0.4) is 0 Å². The summed E-state index contributed by atoms with van der Waals surface area (Å²) in [5.74, 6) is -0.184. The van der Waals surface area contributed by atoms with E-state index in [0.29, 0.717) is 23.8 Å². The van der Waals surface area contributed by atoms with Gasteiger partial charge in [-0.1, -0.05) is 59.3 Å². The van der Waals surface area contributed by atoms with Crippen molar-refractivity contribution < 1.29 is 4.79 Å². The van der Waals surface area contributed by atoms with Gasteiger partial charge in [-0.15, -0.1) is 5.10 Å². The number of hydrogen-bond donors (Lipinski definition) is 0. The van der Waals surface area contributed by atoms with E-state index in [-0.39, 0.29) is 5.91 Å². The number of benzene rings is 2. The molecule has 0 fully saturated rings. The van der Waals surface area contributed by atoms with Gasteiger partial charge in [0.05, 0.1) is 12.7 Å². The summed E-state index contributed by atoms with van der Waals surface area (Å²) in [4.78, 5) is 14.1. The van der Waals surface area contributed by atoms with Gasteiger partial charge < -0.3 is 4.90 Å². The van der Waals surface area contributed by atoms with Crippen LogP contribution in [-0.2, 0) is 13.1 Å². The van der Waals surface area contributed by atoms with Gasteiger partial charge in [-0.05, 0) is 29.7 Å². The van der Waals surface area contributed by atoms with E-state index in [0.717, 1.165) is 11.1 Å². The van der Waals surface area contributed by atoms with Crippen molar-refractivity contribution in [1.29, 1.82) is 0 Å². The molecule has 5 nitrogen and oxygen atoms in total. The first-order valence-electron chi connectivity index (χ1n) is 7.98. The molecule has 0 aliphatic carbocycles. The average Bonchev–Trinajstić information content (AvgIpc) is 3.07. The monoisotopic (exact) mass is 354 g/mol. The molecule has 1 aromatic heterocycles. The van der Waals surface area contributed by atoms with E-state index in [1.54, 1.807) is 22.8 Å². The molecule has 128 valence electrons. The fourth-order valence-electron chi connectivity index (χ4n) is 2.59. The predicted octanol–water partition coefficient (Wildman–Crippen LogP) is 3.56. The highest BCUT2D eigenvalue weighted by Crippen LogP contribution is 2.17. The van der Waals surface area contributed by atoms with Crippen molar-refractivity contribution in [2.24, 2.45) is 0 Å². The SMILES string of the molecule is Cc1ccccc1Cn1cc(C(=O)N(C)Cc2ccccc2Cl)nn1. The van der Waals surface area contributed by atoms with Gasteiger partial charge in [0.25, 0.3) is 5.91 Å². The molecule has 0 aliphatic heterocycles. The van der Waals surface area contributed by atoms with E-state index in [1.807, 2.05) is 42.5 Å². The lowest BCUT2D eigenvalue weighted by atomic mass is 10.1. The van der Waals surface area contributed by atoms with E-state index in [2.05, 4.69) is 23.3 Å². The number of carbonyl (C=O) groups is 1. The molecule has 1 heterocycles. The standard InChI is InChI=1S/C19H19ClN4O/c1-14-7-3-4-8-15(14)12-24-13-18(21-22-24)19(25)23(2)11-16-9-5-6-10-17(16)20/h3-10,13H,11-12H2,1-2H3. The van der Waals surface area contributed by atoms with Crippen molar-refractivity contribution >= 4 is 17.5 Å². The molecular weight excluding hydrogens is 336 g/mol. The molecule has 0 bridgehead atoms. The van der Waals surface area contributed by atoms with Gasteiger partial charge in [-0.25, -0.2) is 4.68 Å². The number of amides is 1. The van der Waals surface area contributed by atoms with Crippen LogP contribution >= 0.6 is 11.6 Å². The Morgan fingerprint density at radius 1 is 1.12 bits per heavy atom. The number of halogens is 1. The molecule has 0 spiro atoms. The van der Waals surface area contributed by atoms with Gasteiger partial charge >= 0.3 is 0 Å². The summed E-state index contributed by atoms with van der Waals surface area (Å²) in [5.41, 5.74) is 3.55. The molecule has 0 N–H and O–H groups in total. The number of nitrogens with zero attached hydrogens (tertiary/aromatic N) is 4. The third-order valence-corrected chi connectivity index (χ3v) is 4.43. The van der Waals surface area contributed by atoms with Gasteiger partial charge in [0, 0.05) is 18.6 Å². The van der Waals surface area contributed by atoms with Crippen LogP contribution in [0, 0.1) is 6.92 Å². The molecule has 6 heteroatoms. The molecule has 0 atom stereocenters. The fraction of sp³-hybridized carbons (Fsp3) is 0.211. The molecule has 0 saturated carbocycles. The Balaban J connectivity index is 1.70. The molecule has 3 aromatic rings. The molecule has 3 rings (SSSR count). The first-order chi connectivity index (χ1) is 12.0. The second kappa shape index (κ2) is 7.49. The van der Waals surface area contributed by atoms with Crippen LogP contribution in [0.2, 0.25) is 5.02 Å². The molecule has 2 aromatic carbocycles. The topological polar surface area (TPSA) is 51.0 Å². The van der Waals surface area contributed by atoms with Crippen LogP contribution < -0.4 is 0 Å². The summed E-state index contributed by atoms with van der Waals surface area (Å²) < 4.78 is 1.68. The van der Waals surface area contributed by atoms with Crippen LogP contribution in [-0.4, -0.2) is 32.8 Å². The van der Waals surface area contributed by atoms with Crippen LogP contribution in [0.25, 0.3) is 0 Å². The normalized spacial score (nSPS) is 10.7. The molecule has 0 radical (unpaired) electrons. The zero-order valence-corrected chi connectivity index (χ0v) is 14.9. The van der Waals surface area contributed by atoms with E-state index in [1.165, 1.54) is 5.56 Å². The van der Waals surface area contributed by atoms with Crippen molar-refractivity contribution in [3.63, 3.8) is 0 Å². The summed E-state index contributed by atoms with van der Waals surface area (Å²) in [5, 5.41) is 8.73. The maximum atomic E-state index is 12.6. The first-order valence-corrected chi connectivity index (χ1v) is 8.36. The maximum absolute atomic E-state index is 12.6. The summed E-state index contributed by atoms with van der Waals surface area (Å²) in [6, 6.07) is 15.6. The van der Waals surface area contributed by atoms with Crippen molar-refractivity contribution in [2.45, 2.75) is 20.0 Å². The summed E-state index contributed by atoms with van der Waals surface area (Å²) in [6.07, 6.45) is 1.68. The Hall–Kier alpha value is -2.66. The number of aryl methyl sites for hydroxylation is 1. The van der Waals surface area contributed by atoms with Gasteiger partial charge in [0.1, 0.15) is 0 Å². The number of hydrogen-bond acceptors (Lipinski definition) is 3. The number of carbonyl (C=O) groups excluding carboxylic acids is 1. The molecular formula is C19H19ClN4O. The van der Waals surface area contributed by atoms with E-state index in [4.69, 9.17) is 11.6 Å². The minimum Gasteiger partial charge on any atom is -0.336 e. The van der Waals surface area contributed by atoms with Crippen molar-refractivity contribution in [3.05, 3.63) is 82.1 Å². The van der Waals surface area contributed by atoms with Crippen LogP contribution in [0.1, 0.15) is 27.2 Å². The second-order valence-corrected chi connectivity index (χ2v) is 6.39. The third kappa shape index (κ3) is 4.06. The highest BCUT2D eigenvalue weighted by Gasteiger charge is 2.17. The fourth-order valence-corrected chi connectivity index (χ4v) is 2.78. The Kier molecular flexibility index (Phi) is 5.14. The molecule has 0 saturated heterocycles. The van der Waals surface area contributed by atoms with Crippen LogP contribution in [0.15, 0.2) is 54.7 Å². The highest BCUT2D eigenvalue weighted by atomic mass is 35.5. The van der Waals surface area contributed by atoms with Gasteiger partial charge in [0.15, 0.2) is 5.69 Å². The zero-order chi connectivity index (χ0) is 17.8. The molecule has 1 amide bonds. The lowest BCUT2D eigenvalue weighted by molar-refractivity contribution is 0.0779. The van der Waals surface area contributed by atoms with E-state index in [9.17, 15) is 4.79 Å². The van der Waals surface area contributed by atoms with Gasteiger partial charge in [0.2, 0.25) is 0 Å². The maximum Gasteiger partial charge on any atom is 0.276 e. The summed E-state index contributed by atoms with van der Waals surface area (Å²) in [7, 11) is 1.73. The average molecular weight is 355 g/mol. The minimum absolute atomic E-state index is 0.184. The predicted molar refractivity (Wildman–Crippen MR) is 97.6 cm³/mol. The molecule has 0 aliphatic rings. The largest absolute Gasteiger partial charge is 0.336 e. The Labute approximate surface area is 151 Å². The highest BCUT2D eigenvalue weighted by molar-refractivity contribution is 6.31. The second-order valence-electron chi connectivity index (χ2n) is 5.98. The quantitative estimate of drug-likeness (QED) is 0.704. The first kappa shape index (κ1) is 17.2. The van der Waals surface area contributed by atoms with Crippen molar-refractivity contribution in [1.82, 2.24) is 19.9 Å². The zero-order valence-electron chi connectivity index (χ0n) is 14.2. The lowest BCUT2D eigenvalue weighted by Crippen LogP contribution is -2.26. The Morgan fingerprint density at radius 3 is 2.52 bits per heavy atom. The molecule has 0 unspecified atom stereocenters. The smallest absolute Gasteiger partial charge is 0.276 e. The number of aromatic nitrogens is 3. The van der Waals surface area contributed by atoms with Crippen molar-refractivity contribution in [3.8, 4) is 0 Å². The summed E-state index contributed by atoms with van der Waals surface area (Å²) >= 11 is 6.16. The molecule has 25 heavy (non-hydrogen) atoms. The Bertz CT molecular complexity index is 890. The number of rotatable bonds is 5. The van der Waals surface area contributed by atoms with Gasteiger partial charge in [-0.2, -0.15) is 0 Å². The summed E-state index contributed by atoms with van der Waals surface area (Å²) in [6.45, 7) is 3.06. The van der Waals surface area contributed by atoms with Crippen LogP contribution in [0.5, 0.6) is 0 Å². The lowest BCUT2D eigenvalue weighted by Gasteiger charge is -2.16. The third-order valence-electron chi connectivity index (χ3n) is 4.06. The van der Waals surface area contributed by atoms with Crippen molar-refractivity contribution in [2.75, 3.05) is 7.05 Å². The van der Waals surface area contributed by atoms with E-state index >= 15 is 0 Å².